The molecule has 2 aromatic carbocycles. The van der Waals surface area contributed by atoms with Gasteiger partial charge in [0.1, 0.15) is 5.75 Å². The van der Waals surface area contributed by atoms with Crippen molar-refractivity contribution in [1.82, 2.24) is 0 Å². The Labute approximate surface area is 205 Å². The predicted octanol–water partition coefficient (Wildman–Crippen LogP) is 3.66. The van der Waals surface area contributed by atoms with Gasteiger partial charge in [0.2, 0.25) is 0 Å². The van der Waals surface area contributed by atoms with E-state index >= 15 is 0 Å². The van der Waals surface area contributed by atoms with Gasteiger partial charge in [-0.15, -0.1) is 0 Å². The van der Waals surface area contributed by atoms with E-state index in [0.29, 0.717) is 30.8 Å². The molecule has 0 unspecified atom stereocenters. The minimum atomic E-state index is -0.750. The first-order valence-electron chi connectivity index (χ1n) is 8.47. The van der Waals surface area contributed by atoms with Crippen LogP contribution in [0.2, 0.25) is 0 Å². The van der Waals surface area contributed by atoms with Crippen LogP contribution in [-0.4, -0.2) is 41.8 Å². The molecule has 0 heterocycles. The summed E-state index contributed by atoms with van der Waals surface area (Å²) in [4.78, 5) is 18.4. The number of rotatable bonds is 8. The fourth-order valence-electron chi connectivity index (χ4n) is 2.08. The molecule has 31 heavy (non-hydrogen) atoms. The number of nitro groups is 1. The Morgan fingerprint density at radius 1 is 1.00 bits per heavy atom. The summed E-state index contributed by atoms with van der Waals surface area (Å²) in [5, 5.41) is 34.0. The maximum Gasteiger partial charge on any atom is 2.00 e. The molecule has 2 aromatic rings. The number of non-ortho nitro benzene ring substituents is 1. The molecule has 0 fully saturated rings. The number of ether oxygens (including phenoxy) is 1. The minimum Gasteiger partial charge on any atom is -0.872 e. The van der Waals surface area contributed by atoms with Crippen molar-refractivity contribution >= 4 is 52.9 Å². The van der Waals surface area contributed by atoms with Crippen LogP contribution in [0.15, 0.2) is 46.4 Å². The molecule has 8 nitrogen and oxygen atoms in total. The van der Waals surface area contributed by atoms with Crippen molar-refractivity contribution < 1.29 is 36.9 Å². The summed E-state index contributed by atoms with van der Waals surface area (Å²) >= 11 is 14.4. The van der Waals surface area contributed by atoms with Crippen molar-refractivity contribution in [3.63, 3.8) is 0 Å². The number of hydrogen-bond donors (Lipinski definition) is 0. The van der Waals surface area contributed by atoms with E-state index in [-0.39, 0.29) is 39.8 Å². The fourth-order valence-corrected chi connectivity index (χ4v) is 2.08. The quantitative estimate of drug-likeness (QED) is 0.127. The molecule has 0 bridgehead atoms. The monoisotopic (exact) mass is 536 g/mol. The largest absolute Gasteiger partial charge is 2.00 e. The van der Waals surface area contributed by atoms with E-state index in [4.69, 9.17) is 39.5 Å². The number of benzene rings is 2. The van der Waals surface area contributed by atoms with Crippen LogP contribution in [0.4, 0.5) is 5.69 Å². The van der Waals surface area contributed by atoms with Gasteiger partial charge in [0.05, 0.1) is 12.0 Å². The zero-order valence-electron chi connectivity index (χ0n) is 16.1. The molecule has 0 aliphatic carbocycles. The minimum absolute atomic E-state index is 0. The van der Waals surface area contributed by atoms with E-state index in [0.717, 1.165) is 12.1 Å². The molecule has 0 aliphatic heterocycles. The molecule has 171 valence electrons. The van der Waals surface area contributed by atoms with Gasteiger partial charge >= 0.3 is 17.1 Å². The second-order valence-electron chi connectivity index (χ2n) is 5.55. The van der Waals surface area contributed by atoms with E-state index in [1.165, 1.54) is 31.7 Å². The number of hydrogen-bond acceptors (Lipinski definition) is 7. The molecule has 12 heteroatoms. The molecule has 2 rings (SSSR count). The Morgan fingerprint density at radius 3 is 1.97 bits per heavy atom. The van der Waals surface area contributed by atoms with Gasteiger partial charge in [0.15, 0.2) is 4.30 Å². The van der Waals surface area contributed by atoms with Crippen LogP contribution in [0.3, 0.4) is 0 Å². The molecule has 0 saturated carbocycles. The van der Waals surface area contributed by atoms with Crippen LogP contribution >= 0.6 is 34.8 Å². The van der Waals surface area contributed by atoms with Crippen molar-refractivity contribution in [2.45, 2.75) is 10.7 Å². The summed E-state index contributed by atoms with van der Waals surface area (Å²) in [7, 11) is 1.52. The van der Waals surface area contributed by atoms with Crippen LogP contribution in [0, 0.1) is 10.1 Å². The molecule has 0 spiro atoms. The number of nitrogens with zero attached hydrogens (tertiary/aromatic N) is 3. The molecule has 0 atom stereocenters. The summed E-state index contributed by atoms with van der Waals surface area (Å²) < 4.78 is 4.31. The molecule has 0 N–H and O–H groups in total. The average Bonchev–Trinajstić information content (AvgIpc) is 2.69. The van der Waals surface area contributed by atoms with Crippen LogP contribution in [0.1, 0.15) is 17.5 Å². The van der Waals surface area contributed by atoms with Crippen molar-refractivity contribution in [3.8, 4) is 17.2 Å². The van der Waals surface area contributed by atoms with Gasteiger partial charge in [-0.1, -0.05) is 58.4 Å². The van der Waals surface area contributed by atoms with Gasteiger partial charge in [-0.25, -0.2) is 0 Å². The second kappa shape index (κ2) is 15.7. The van der Waals surface area contributed by atoms with E-state index in [9.17, 15) is 20.3 Å². The molecule has 0 aromatic heterocycles. The van der Waals surface area contributed by atoms with Gasteiger partial charge in [-0.2, -0.15) is 0 Å². The summed E-state index contributed by atoms with van der Waals surface area (Å²) in [5.41, 5.74) is 0.470. The number of nitro benzene ring substituents is 1. The molecular weight excluding hydrogens is 520 g/mol. The van der Waals surface area contributed by atoms with Crippen molar-refractivity contribution in [3.05, 3.63) is 57.6 Å². The van der Waals surface area contributed by atoms with Gasteiger partial charge in [0, 0.05) is 37.7 Å². The third-order valence-electron chi connectivity index (χ3n) is 3.46. The van der Waals surface area contributed by atoms with Gasteiger partial charge in [0.25, 0.3) is 5.69 Å². The maximum absolute atomic E-state index is 11.7. The Bertz CT molecular complexity index is 895. The van der Waals surface area contributed by atoms with Crippen LogP contribution in [0.25, 0.3) is 0 Å². The van der Waals surface area contributed by atoms with Crippen LogP contribution in [0.5, 0.6) is 17.2 Å². The van der Waals surface area contributed by atoms with Crippen molar-refractivity contribution in [2.24, 2.45) is 9.98 Å². The zero-order chi connectivity index (χ0) is 22.5. The standard InChI is InChI=1S/C18H19N3O5.CHCl3.Cu/c1-26-16-4-6-18(23)14(10-16)12-20-8-2-7-19-11-13-9-15(21(24)25)3-5-17(13)22;2-1(3)4;/h3-6,9-12,22-23H,2,7-8H2,1H3;1H;/q;;+2/p-2. The maximum atomic E-state index is 11.7. The number of methoxy groups -OCH3 is 1. The Morgan fingerprint density at radius 2 is 1.48 bits per heavy atom. The van der Waals surface area contributed by atoms with Gasteiger partial charge < -0.3 is 14.9 Å². The third-order valence-corrected chi connectivity index (χ3v) is 3.46. The molecule has 0 amide bonds. The van der Waals surface area contributed by atoms with E-state index in [1.807, 2.05) is 0 Å². The van der Waals surface area contributed by atoms with Crippen LogP contribution < -0.4 is 14.9 Å². The summed E-state index contributed by atoms with van der Waals surface area (Å²) in [6.45, 7) is 0.856. The molecule has 1 radical (unpaired) electrons. The average molecular weight is 538 g/mol. The SMILES string of the molecule is COc1ccc([O-])c(C=NCCCN=Cc2cc([N+](=O)[O-])ccc2[O-])c1.ClC(Cl)Cl.[Cu+2]. The molecule has 0 aliphatic rings. The number of alkyl halides is 3. The van der Waals surface area contributed by atoms with E-state index < -0.39 is 9.22 Å². The van der Waals surface area contributed by atoms with Crippen molar-refractivity contribution in [2.75, 3.05) is 20.2 Å². The Kier molecular flexibility index (Phi) is 14.7. The topological polar surface area (TPSA) is 123 Å². The Balaban J connectivity index is 0.00000165. The first kappa shape index (κ1) is 29.0. The smallest absolute Gasteiger partial charge is 0.872 e. The fraction of sp³-hybridized carbons (Fsp3) is 0.263. The molecular formula is C19H18Cl3CuN3O5. The van der Waals surface area contributed by atoms with E-state index in [1.54, 1.807) is 12.1 Å². The summed E-state index contributed by atoms with van der Waals surface area (Å²) in [5.74, 6) is 0.126. The third kappa shape index (κ3) is 11.8. The molecule has 0 saturated heterocycles. The van der Waals surface area contributed by atoms with Crippen molar-refractivity contribution in [1.29, 1.82) is 0 Å². The van der Waals surface area contributed by atoms with E-state index in [2.05, 4.69) is 9.98 Å². The Hall–Kier alpha value is -2.03. The first-order chi connectivity index (χ1) is 14.2. The summed E-state index contributed by atoms with van der Waals surface area (Å²) in [6, 6.07) is 8.14. The van der Waals surface area contributed by atoms with Gasteiger partial charge in [-0.3, -0.25) is 20.1 Å². The zero-order valence-corrected chi connectivity index (χ0v) is 19.3. The van der Waals surface area contributed by atoms with Gasteiger partial charge in [-0.05, 0) is 29.7 Å². The second-order valence-corrected chi connectivity index (χ2v) is 7.53. The normalized spacial score (nSPS) is 10.6. The van der Waals surface area contributed by atoms with Crippen LogP contribution in [-0.2, 0) is 17.1 Å². The number of halogens is 3. The predicted molar refractivity (Wildman–Crippen MR) is 116 cm³/mol. The number of aliphatic imine (C=N–C) groups is 2. The summed E-state index contributed by atoms with van der Waals surface area (Å²) in [6.07, 6.45) is 3.43. The first-order valence-corrected chi connectivity index (χ1v) is 9.78.